The molecule has 5 nitrogen and oxygen atoms in total. The monoisotopic (exact) mass is 336 g/mol. The number of carbonyl (C=O) groups excluding carboxylic acids is 1. The number of aryl methyl sites for hydroxylation is 1. The van der Waals surface area contributed by atoms with Crippen molar-refractivity contribution in [1.29, 1.82) is 5.26 Å². The highest BCUT2D eigenvalue weighted by molar-refractivity contribution is 7.99. The van der Waals surface area contributed by atoms with Crippen LogP contribution in [-0.4, -0.2) is 26.8 Å². The number of amides is 1. The average molecular weight is 337 g/mol. The molecule has 0 aromatic carbocycles. The molecule has 23 heavy (non-hydrogen) atoms. The van der Waals surface area contributed by atoms with E-state index in [0.717, 1.165) is 35.9 Å². The Balaban J connectivity index is 2.73. The standard InChI is InChI=1S/C17H28N4OS/c1-7-8-9-21-14(5)13(4)19-16(21)23-10-15(22)20-17(6,11-18)12(2)3/h12H,7-10H2,1-6H3,(H,20,22). The van der Waals surface area contributed by atoms with Gasteiger partial charge < -0.3 is 9.88 Å². The molecule has 1 rings (SSSR count). The lowest BCUT2D eigenvalue weighted by molar-refractivity contribution is -0.120. The van der Waals surface area contributed by atoms with Crippen LogP contribution in [0.15, 0.2) is 5.16 Å². The predicted molar refractivity (Wildman–Crippen MR) is 94.3 cm³/mol. The zero-order valence-corrected chi connectivity index (χ0v) is 15.9. The highest BCUT2D eigenvalue weighted by Crippen LogP contribution is 2.22. The second-order valence-corrected chi connectivity index (χ2v) is 7.32. The molecule has 6 heteroatoms. The molecule has 0 saturated carbocycles. The van der Waals surface area contributed by atoms with Gasteiger partial charge in [0.15, 0.2) is 5.16 Å². The van der Waals surface area contributed by atoms with Crippen molar-refractivity contribution in [2.45, 2.75) is 71.6 Å². The quantitative estimate of drug-likeness (QED) is 0.738. The number of aromatic nitrogens is 2. The van der Waals surface area contributed by atoms with E-state index in [0.29, 0.717) is 0 Å². The van der Waals surface area contributed by atoms with Gasteiger partial charge in [-0.15, -0.1) is 0 Å². The van der Waals surface area contributed by atoms with Crippen molar-refractivity contribution in [3.63, 3.8) is 0 Å². The van der Waals surface area contributed by atoms with Crippen LogP contribution in [-0.2, 0) is 11.3 Å². The van der Waals surface area contributed by atoms with Crippen LogP contribution in [0, 0.1) is 31.1 Å². The second-order valence-electron chi connectivity index (χ2n) is 6.38. The molecule has 0 spiro atoms. The van der Waals surface area contributed by atoms with Crippen LogP contribution < -0.4 is 5.32 Å². The first-order valence-corrected chi connectivity index (χ1v) is 9.12. The summed E-state index contributed by atoms with van der Waals surface area (Å²) in [4.78, 5) is 16.8. The number of imidazole rings is 1. The number of nitriles is 1. The summed E-state index contributed by atoms with van der Waals surface area (Å²) in [6, 6.07) is 2.20. The minimum Gasteiger partial charge on any atom is -0.337 e. The van der Waals surface area contributed by atoms with Gasteiger partial charge in [-0.05, 0) is 33.1 Å². The van der Waals surface area contributed by atoms with Crippen molar-refractivity contribution in [3.05, 3.63) is 11.4 Å². The van der Waals surface area contributed by atoms with Crippen LogP contribution in [0.3, 0.4) is 0 Å². The molecule has 1 atom stereocenters. The first-order chi connectivity index (χ1) is 10.7. The predicted octanol–water partition coefficient (Wildman–Crippen LogP) is 3.45. The van der Waals surface area contributed by atoms with E-state index < -0.39 is 5.54 Å². The van der Waals surface area contributed by atoms with Crippen LogP contribution in [0.2, 0.25) is 0 Å². The van der Waals surface area contributed by atoms with Crippen molar-refractivity contribution in [1.82, 2.24) is 14.9 Å². The minimum atomic E-state index is -0.832. The Labute approximate surface area is 143 Å². The Morgan fingerprint density at radius 1 is 1.48 bits per heavy atom. The normalized spacial score (nSPS) is 13.7. The van der Waals surface area contributed by atoms with Crippen molar-refractivity contribution in [2.24, 2.45) is 5.92 Å². The zero-order chi connectivity index (χ0) is 17.6. The second kappa shape index (κ2) is 8.39. The molecule has 1 aromatic heterocycles. The molecular weight excluding hydrogens is 308 g/mol. The van der Waals surface area contributed by atoms with Crippen molar-refractivity contribution < 1.29 is 4.79 Å². The van der Waals surface area contributed by atoms with Crippen LogP contribution in [0.5, 0.6) is 0 Å². The summed E-state index contributed by atoms with van der Waals surface area (Å²) in [5.74, 6) is 0.192. The fourth-order valence-corrected chi connectivity index (χ4v) is 2.99. The first-order valence-electron chi connectivity index (χ1n) is 8.14. The molecule has 0 radical (unpaired) electrons. The number of nitrogens with zero attached hydrogens (tertiary/aromatic N) is 3. The number of rotatable bonds is 8. The van der Waals surface area contributed by atoms with Gasteiger partial charge in [-0.2, -0.15) is 5.26 Å². The third-order valence-electron chi connectivity index (χ3n) is 4.28. The molecule has 1 N–H and O–H groups in total. The Bertz CT molecular complexity index is 588. The van der Waals surface area contributed by atoms with Crippen LogP contribution >= 0.6 is 11.8 Å². The van der Waals surface area contributed by atoms with Crippen molar-refractivity contribution in [2.75, 3.05) is 5.75 Å². The summed E-state index contributed by atoms with van der Waals surface area (Å²) in [7, 11) is 0. The average Bonchev–Trinajstić information content (AvgIpc) is 2.77. The fraction of sp³-hybridized carbons (Fsp3) is 0.706. The number of hydrogen-bond acceptors (Lipinski definition) is 4. The number of carbonyl (C=O) groups is 1. The summed E-state index contributed by atoms with van der Waals surface area (Å²) in [5, 5.41) is 13.0. The molecule has 0 bridgehead atoms. The zero-order valence-electron chi connectivity index (χ0n) is 15.1. The van der Waals surface area contributed by atoms with E-state index in [1.165, 1.54) is 11.8 Å². The summed E-state index contributed by atoms with van der Waals surface area (Å²) in [6.07, 6.45) is 2.21. The van der Waals surface area contributed by atoms with Gasteiger partial charge in [0.05, 0.1) is 17.5 Å². The van der Waals surface area contributed by atoms with Crippen molar-refractivity contribution in [3.8, 4) is 6.07 Å². The summed E-state index contributed by atoms with van der Waals surface area (Å²) in [6.45, 7) is 12.8. The molecule has 0 aliphatic carbocycles. The van der Waals surface area contributed by atoms with E-state index in [-0.39, 0.29) is 17.6 Å². The fourth-order valence-electron chi connectivity index (χ4n) is 2.07. The number of unbranched alkanes of at least 4 members (excludes halogenated alkanes) is 1. The van der Waals surface area contributed by atoms with Gasteiger partial charge in [0.2, 0.25) is 5.91 Å². The number of thioether (sulfide) groups is 1. The van der Waals surface area contributed by atoms with E-state index in [4.69, 9.17) is 0 Å². The Hall–Kier alpha value is -1.48. The van der Waals surface area contributed by atoms with E-state index in [9.17, 15) is 10.1 Å². The number of hydrogen-bond donors (Lipinski definition) is 1. The van der Waals surface area contributed by atoms with Crippen LogP contribution in [0.1, 0.15) is 51.9 Å². The SMILES string of the molecule is CCCCn1c(SCC(=O)NC(C)(C#N)C(C)C)nc(C)c1C. The molecule has 0 fully saturated rings. The molecule has 1 heterocycles. The molecule has 0 aliphatic rings. The van der Waals surface area contributed by atoms with Gasteiger partial charge in [0.25, 0.3) is 0 Å². The van der Waals surface area contributed by atoms with E-state index in [2.05, 4.69) is 34.8 Å². The van der Waals surface area contributed by atoms with Gasteiger partial charge in [-0.1, -0.05) is 39.0 Å². The maximum atomic E-state index is 12.2. The molecule has 1 amide bonds. The van der Waals surface area contributed by atoms with Crippen LogP contribution in [0.4, 0.5) is 0 Å². The van der Waals surface area contributed by atoms with Crippen LogP contribution in [0.25, 0.3) is 0 Å². The Morgan fingerprint density at radius 2 is 2.13 bits per heavy atom. The molecule has 0 aliphatic heterocycles. The largest absolute Gasteiger partial charge is 0.337 e. The molecule has 1 aromatic rings. The summed E-state index contributed by atoms with van der Waals surface area (Å²) >= 11 is 1.43. The van der Waals surface area contributed by atoms with E-state index in [1.54, 1.807) is 6.92 Å². The lowest BCUT2D eigenvalue weighted by atomic mass is 9.90. The highest BCUT2D eigenvalue weighted by atomic mass is 32.2. The molecule has 1 unspecified atom stereocenters. The number of nitrogens with one attached hydrogen (secondary N) is 1. The molecule has 0 saturated heterocycles. The lowest BCUT2D eigenvalue weighted by Gasteiger charge is -2.27. The molecule has 128 valence electrons. The van der Waals surface area contributed by atoms with Gasteiger partial charge in [0, 0.05) is 12.2 Å². The van der Waals surface area contributed by atoms with Gasteiger partial charge >= 0.3 is 0 Å². The first kappa shape index (κ1) is 19.6. The summed E-state index contributed by atoms with van der Waals surface area (Å²) in [5.41, 5.74) is 1.33. The molecular formula is C17H28N4OS. The van der Waals surface area contributed by atoms with Gasteiger partial charge in [-0.3, -0.25) is 4.79 Å². The van der Waals surface area contributed by atoms with E-state index >= 15 is 0 Å². The Morgan fingerprint density at radius 3 is 2.65 bits per heavy atom. The van der Waals surface area contributed by atoms with E-state index in [1.807, 2.05) is 20.8 Å². The maximum Gasteiger partial charge on any atom is 0.231 e. The maximum absolute atomic E-state index is 12.2. The minimum absolute atomic E-state index is 0.0532. The Kier molecular flexibility index (Phi) is 7.14. The van der Waals surface area contributed by atoms with Gasteiger partial charge in [-0.25, -0.2) is 4.98 Å². The third kappa shape index (κ3) is 5.00. The third-order valence-corrected chi connectivity index (χ3v) is 5.25. The topological polar surface area (TPSA) is 70.7 Å². The van der Waals surface area contributed by atoms with Crippen molar-refractivity contribution >= 4 is 17.7 Å². The highest BCUT2D eigenvalue weighted by Gasteiger charge is 2.30. The summed E-state index contributed by atoms with van der Waals surface area (Å²) < 4.78 is 2.18. The van der Waals surface area contributed by atoms with Gasteiger partial charge in [0.1, 0.15) is 5.54 Å². The lowest BCUT2D eigenvalue weighted by Crippen LogP contribution is -2.49. The smallest absolute Gasteiger partial charge is 0.231 e.